The maximum Gasteiger partial charge on any atom is 0.240 e. The number of carbonyl (C=O) groups is 1. The van der Waals surface area contributed by atoms with Gasteiger partial charge in [-0.15, -0.1) is 12.4 Å². The van der Waals surface area contributed by atoms with Gasteiger partial charge in [0.1, 0.15) is 0 Å². The molecule has 1 amide bonds. The average Bonchev–Trinajstić information content (AvgIpc) is 2.43. The van der Waals surface area contributed by atoms with Crippen LogP contribution in [0.4, 0.5) is 0 Å². The molecule has 0 heterocycles. The Kier molecular flexibility index (Phi) is 10.1. The molecule has 0 saturated heterocycles. The van der Waals surface area contributed by atoms with Crippen LogP contribution in [0.25, 0.3) is 0 Å². The Morgan fingerprint density at radius 2 is 1.68 bits per heavy atom. The van der Waals surface area contributed by atoms with Crippen molar-refractivity contribution < 1.29 is 13.2 Å². The van der Waals surface area contributed by atoms with Crippen LogP contribution in [0.5, 0.6) is 0 Å². The standard InChI is InChI=1S/C15H24N2O3S.ClH/c1-3-6-15(18)16-11-4-5-12-17-21(19,20)14-9-7-13(2)8-10-14;/h7-10,17H,3-6,11-12H2,1-2H3,(H,16,18);1H. The lowest BCUT2D eigenvalue weighted by atomic mass is 10.2. The molecule has 22 heavy (non-hydrogen) atoms. The zero-order valence-corrected chi connectivity index (χ0v) is 14.7. The maximum atomic E-state index is 12.0. The van der Waals surface area contributed by atoms with E-state index in [1.165, 1.54) is 0 Å². The Bertz CT molecular complexity index is 544. The van der Waals surface area contributed by atoms with Crippen LogP contribution in [0.2, 0.25) is 0 Å². The van der Waals surface area contributed by atoms with E-state index >= 15 is 0 Å². The molecule has 1 aromatic carbocycles. The summed E-state index contributed by atoms with van der Waals surface area (Å²) >= 11 is 0. The predicted molar refractivity (Wildman–Crippen MR) is 90.8 cm³/mol. The summed E-state index contributed by atoms with van der Waals surface area (Å²) in [6.07, 6.45) is 2.83. The fraction of sp³-hybridized carbons (Fsp3) is 0.533. The average molecular weight is 349 g/mol. The normalized spacial score (nSPS) is 10.8. The van der Waals surface area contributed by atoms with E-state index in [-0.39, 0.29) is 23.2 Å². The number of rotatable bonds is 9. The lowest BCUT2D eigenvalue weighted by Gasteiger charge is -2.07. The fourth-order valence-corrected chi connectivity index (χ4v) is 2.87. The van der Waals surface area contributed by atoms with Gasteiger partial charge in [-0.3, -0.25) is 4.79 Å². The van der Waals surface area contributed by atoms with E-state index in [1.807, 2.05) is 13.8 Å². The van der Waals surface area contributed by atoms with Crippen LogP contribution in [0, 0.1) is 6.92 Å². The first-order chi connectivity index (χ1) is 9.95. The summed E-state index contributed by atoms with van der Waals surface area (Å²) in [7, 11) is -3.43. The molecule has 2 N–H and O–H groups in total. The van der Waals surface area contributed by atoms with E-state index in [4.69, 9.17) is 0 Å². The maximum absolute atomic E-state index is 12.0. The van der Waals surface area contributed by atoms with Crippen LogP contribution in [-0.2, 0) is 14.8 Å². The number of carbonyl (C=O) groups excluding carboxylic acids is 1. The van der Waals surface area contributed by atoms with Crippen molar-refractivity contribution in [1.29, 1.82) is 0 Å². The summed E-state index contributed by atoms with van der Waals surface area (Å²) in [6.45, 7) is 4.83. The highest BCUT2D eigenvalue weighted by Crippen LogP contribution is 2.09. The molecule has 0 saturated carbocycles. The number of sulfonamides is 1. The number of amides is 1. The molecule has 0 aliphatic heterocycles. The SMILES string of the molecule is CCCC(=O)NCCCCNS(=O)(=O)c1ccc(C)cc1.Cl. The highest BCUT2D eigenvalue weighted by atomic mass is 35.5. The molecule has 0 bridgehead atoms. The van der Waals surface area contributed by atoms with Crippen molar-refractivity contribution in [3.05, 3.63) is 29.8 Å². The van der Waals surface area contributed by atoms with E-state index < -0.39 is 10.0 Å². The molecule has 0 aliphatic rings. The predicted octanol–water partition coefficient (Wildman–Crippen LogP) is 2.39. The third kappa shape index (κ3) is 7.77. The summed E-state index contributed by atoms with van der Waals surface area (Å²) in [5.41, 5.74) is 1.02. The summed E-state index contributed by atoms with van der Waals surface area (Å²) < 4.78 is 26.5. The number of unbranched alkanes of at least 4 members (excludes halogenated alkanes) is 1. The Balaban J connectivity index is 0.00000441. The molecule has 1 aromatic rings. The minimum atomic E-state index is -3.43. The zero-order valence-electron chi connectivity index (χ0n) is 13.1. The Labute approximate surface area is 139 Å². The highest BCUT2D eigenvalue weighted by molar-refractivity contribution is 7.89. The van der Waals surface area contributed by atoms with Gasteiger partial charge in [-0.25, -0.2) is 13.1 Å². The lowest BCUT2D eigenvalue weighted by Crippen LogP contribution is -2.27. The zero-order chi connectivity index (χ0) is 15.7. The minimum absolute atomic E-state index is 0. The van der Waals surface area contributed by atoms with Crippen LogP contribution >= 0.6 is 12.4 Å². The third-order valence-electron chi connectivity index (χ3n) is 3.03. The van der Waals surface area contributed by atoms with Gasteiger partial charge in [-0.05, 0) is 38.3 Å². The molecule has 0 radical (unpaired) electrons. The van der Waals surface area contributed by atoms with E-state index in [0.29, 0.717) is 25.9 Å². The van der Waals surface area contributed by atoms with Crippen molar-refractivity contribution in [3.8, 4) is 0 Å². The number of hydrogen-bond acceptors (Lipinski definition) is 3. The molecular formula is C15H25ClN2O3S. The second-order valence-electron chi connectivity index (χ2n) is 5.02. The molecule has 0 aromatic heterocycles. The fourth-order valence-electron chi connectivity index (χ4n) is 1.80. The lowest BCUT2D eigenvalue weighted by molar-refractivity contribution is -0.121. The number of nitrogens with one attached hydrogen (secondary N) is 2. The van der Waals surface area contributed by atoms with Gasteiger partial charge in [0, 0.05) is 19.5 Å². The number of benzene rings is 1. The number of hydrogen-bond donors (Lipinski definition) is 2. The topological polar surface area (TPSA) is 75.3 Å². The van der Waals surface area contributed by atoms with Crippen LogP contribution in [0.3, 0.4) is 0 Å². The van der Waals surface area contributed by atoms with Crippen molar-refractivity contribution >= 4 is 28.3 Å². The van der Waals surface area contributed by atoms with Gasteiger partial charge in [0.05, 0.1) is 4.90 Å². The van der Waals surface area contributed by atoms with Gasteiger partial charge < -0.3 is 5.32 Å². The Morgan fingerprint density at radius 3 is 2.27 bits per heavy atom. The molecule has 0 fully saturated rings. The summed E-state index contributed by atoms with van der Waals surface area (Å²) in [6, 6.07) is 6.75. The van der Waals surface area contributed by atoms with Crippen LogP contribution in [0.1, 0.15) is 38.2 Å². The highest BCUT2D eigenvalue weighted by Gasteiger charge is 2.12. The third-order valence-corrected chi connectivity index (χ3v) is 4.50. The van der Waals surface area contributed by atoms with E-state index in [1.54, 1.807) is 24.3 Å². The van der Waals surface area contributed by atoms with Crippen molar-refractivity contribution in [2.24, 2.45) is 0 Å². The van der Waals surface area contributed by atoms with Gasteiger partial charge in [0.25, 0.3) is 0 Å². The van der Waals surface area contributed by atoms with E-state index in [0.717, 1.165) is 18.4 Å². The van der Waals surface area contributed by atoms with Crippen molar-refractivity contribution in [2.45, 2.75) is 44.4 Å². The summed E-state index contributed by atoms with van der Waals surface area (Å²) in [4.78, 5) is 11.5. The molecule has 7 heteroatoms. The van der Waals surface area contributed by atoms with Gasteiger partial charge in [0.2, 0.25) is 15.9 Å². The molecule has 0 unspecified atom stereocenters. The molecule has 0 atom stereocenters. The molecular weight excluding hydrogens is 324 g/mol. The second kappa shape index (κ2) is 10.6. The smallest absolute Gasteiger partial charge is 0.240 e. The molecule has 0 spiro atoms. The van der Waals surface area contributed by atoms with E-state index in [2.05, 4.69) is 10.0 Å². The Hall–Kier alpha value is -1.11. The molecule has 0 aliphatic carbocycles. The van der Waals surface area contributed by atoms with Crippen LogP contribution < -0.4 is 10.0 Å². The van der Waals surface area contributed by atoms with Gasteiger partial charge in [0.15, 0.2) is 0 Å². The Morgan fingerprint density at radius 1 is 1.09 bits per heavy atom. The molecule has 126 valence electrons. The first-order valence-corrected chi connectivity index (χ1v) is 8.77. The van der Waals surface area contributed by atoms with Crippen LogP contribution in [0.15, 0.2) is 29.2 Å². The first kappa shape index (κ1) is 20.9. The van der Waals surface area contributed by atoms with Crippen LogP contribution in [-0.4, -0.2) is 27.4 Å². The largest absolute Gasteiger partial charge is 0.356 e. The van der Waals surface area contributed by atoms with Gasteiger partial charge in [-0.2, -0.15) is 0 Å². The second-order valence-corrected chi connectivity index (χ2v) is 6.78. The van der Waals surface area contributed by atoms with Crippen molar-refractivity contribution in [2.75, 3.05) is 13.1 Å². The molecule has 5 nitrogen and oxygen atoms in total. The molecule has 1 rings (SSSR count). The summed E-state index contributed by atoms with van der Waals surface area (Å²) in [5, 5.41) is 2.80. The van der Waals surface area contributed by atoms with Crippen molar-refractivity contribution in [3.63, 3.8) is 0 Å². The minimum Gasteiger partial charge on any atom is -0.356 e. The van der Waals surface area contributed by atoms with Gasteiger partial charge in [-0.1, -0.05) is 24.6 Å². The quantitative estimate of drug-likeness (QED) is 0.673. The van der Waals surface area contributed by atoms with Crippen molar-refractivity contribution in [1.82, 2.24) is 10.0 Å². The monoisotopic (exact) mass is 348 g/mol. The first-order valence-electron chi connectivity index (χ1n) is 7.28. The number of halogens is 1. The summed E-state index contributed by atoms with van der Waals surface area (Å²) in [5.74, 6) is 0.0535. The number of aryl methyl sites for hydroxylation is 1. The van der Waals surface area contributed by atoms with Gasteiger partial charge >= 0.3 is 0 Å². The van der Waals surface area contributed by atoms with E-state index in [9.17, 15) is 13.2 Å².